The van der Waals surface area contributed by atoms with E-state index in [0.29, 0.717) is 12.6 Å². The first-order valence-electron chi connectivity index (χ1n) is 5.79. The highest BCUT2D eigenvalue weighted by Gasteiger charge is 2.20. The molecule has 0 saturated carbocycles. The normalized spacial score (nSPS) is 24.4. The number of benzene rings is 1. The highest BCUT2D eigenvalue weighted by molar-refractivity contribution is 5.40. The SMILES string of the molecule is COc1cc(OC)cc(C2COCC(C)N2)c1. The van der Waals surface area contributed by atoms with Crippen molar-refractivity contribution in [3.63, 3.8) is 0 Å². The minimum atomic E-state index is 0.197. The van der Waals surface area contributed by atoms with Gasteiger partial charge in [0.05, 0.1) is 33.5 Å². The molecule has 2 unspecified atom stereocenters. The lowest BCUT2D eigenvalue weighted by Crippen LogP contribution is -2.41. The van der Waals surface area contributed by atoms with Crippen LogP contribution >= 0.6 is 0 Å². The summed E-state index contributed by atoms with van der Waals surface area (Å²) in [5.74, 6) is 1.61. The predicted molar refractivity (Wildman–Crippen MR) is 65.7 cm³/mol. The largest absolute Gasteiger partial charge is 0.497 e. The molecule has 4 heteroatoms. The lowest BCUT2D eigenvalue weighted by molar-refractivity contribution is 0.0503. The van der Waals surface area contributed by atoms with E-state index in [4.69, 9.17) is 14.2 Å². The van der Waals surface area contributed by atoms with Crippen molar-refractivity contribution in [2.75, 3.05) is 27.4 Å². The zero-order valence-electron chi connectivity index (χ0n) is 10.5. The maximum Gasteiger partial charge on any atom is 0.122 e. The van der Waals surface area contributed by atoms with E-state index in [1.807, 2.05) is 18.2 Å². The van der Waals surface area contributed by atoms with Gasteiger partial charge in [0.2, 0.25) is 0 Å². The zero-order chi connectivity index (χ0) is 12.3. The molecule has 1 aliphatic heterocycles. The Balaban J connectivity index is 2.23. The smallest absolute Gasteiger partial charge is 0.122 e. The molecule has 1 saturated heterocycles. The Kier molecular flexibility index (Phi) is 3.86. The predicted octanol–water partition coefficient (Wildman–Crippen LogP) is 1.75. The molecule has 2 rings (SSSR count). The van der Waals surface area contributed by atoms with E-state index in [1.54, 1.807) is 14.2 Å². The van der Waals surface area contributed by atoms with Crippen molar-refractivity contribution in [1.82, 2.24) is 5.32 Å². The van der Waals surface area contributed by atoms with E-state index < -0.39 is 0 Å². The molecule has 0 amide bonds. The van der Waals surface area contributed by atoms with E-state index in [1.165, 1.54) is 0 Å². The van der Waals surface area contributed by atoms with Gasteiger partial charge in [0, 0.05) is 12.1 Å². The maximum absolute atomic E-state index is 5.55. The summed E-state index contributed by atoms with van der Waals surface area (Å²) in [6, 6.07) is 6.47. The van der Waals surface area contributed by atoms with Crippen LogP contribution in [0.5, 0.6) is 11.5 Å². The second kappa shape index (κ2) is 5.38. The van der Waals surface area contributed by atoms with E-state index in [9.17, 15) is 0 Å². The Morgan fingerprint density at radius 3 is 2.29 bits per heavy atom. The summed E-state index contributed by atoms with van der Waals surface area (Å²) in [5, 5.41) is 3.50. The van der Waals surface area contributed by atoms with Gasteiger partial charge in [-0.3, -0.25) is 0 Å². The average Bonchev–Trinajstić information content (AvgIpc) is 2.38. The third-order valence-corrected chi connectivity index (χ3v) is 2.91. The minimum absolute atomic E-state index is 0.197. The van der Waals surface area contributed by atoms with Gasteiger partial charge in [-0.2, -0.15) is 0 Å². The number of methoxy groups -OCH3 is 2. The highest BCUT2D eigenvalue weighted by Crippen LogP contribution is 2.27. The Bertz CT molecular complexity index is 359. The number of rotatable bonds is 3. The van der Waals surface area contributed by atoms with E-state index in [0.717, 1.165) is 23.7 Å². The number of morpholine rings is 1. The number of hydrogen-bond acceptors (Lipinski definition) is 4. The van der Waals surface area contributed by atoms with Crippen LogP contribution in [0.4, 0.5) is 0 Å². The van der Waals surface area contributed by atoms with Gasteiger partial charge in [0.15, 0.2) is 0 Å². The summed E-state index contributed by atoms with van der Waals surface area (Å²) in [7, 11) is 3.32. The van der Waals surface area contributed by atoms with Crippen LogP contribution in [0.15, 0.2) is 18.2 Å². The Morgan fingerprint density at radius 1 is 1.12 bits per heavy atom. The summed E-state index contributed by atoms with van der Waals surface area (Å²) in [6.07, 6.45) is 0. The molecule has 0 aromatic heterocycles. The zero-order valence-corrected chi connectivity index (χ0v) is 10.5. The van der Waals surface area contributed by atoms with E-state index in [-0.39, 0.29) is 6.04 Å². The third-order valence-electron chi connectivity index (χ3n) is 2.91. The lowest BCUT2D eigenvalue weighted by Gasteiger charge is -2.29. The second-order valence-electron chi connectivity index (χ2n) is 4.30. The number of hydrogen-bond donors (Lipinski definition) is 1. The fraction of sp³-hybridized carbons (Fsp3) is 0.538. The van der Waals surface area contributed by atoms with Crippen LogP contribution in [0.1, 0.15) is 18.5 Å². The van der Waals surface area contributed by atoms with Gasteiger partial charge in [0.1, 0.15) is 11.5 Å². The van der Waals surface area contributed by atoms with Crippen LogP contribution in [0.3, 0.4) is 0 Å². The Morgan fingerprint density at radius 2 is 1.76 bits per heavy atom. The topological polar surface area (TPSA) is 39.7 Å². The quantitative estimate of drug-likeness (QED) is 0.869. The minimum Gasteiger partial charge on any atom is -0.497 e. The molecule has 1 aromatic rings. The van der Waals surface area contributed by atoms with Crippen molar-refractivity contribution in [1.29, 1.82) is 0 Å². The van der Waals surface area contributed by atoms with Crippen LogP contribution in [0.25, 0.3) is 0 Å². The summed E-state index contributed by atoms with van der Waals surface area (Å²) in [6.45, 7) is 3.56. The first-order valence-corrected chi connectivity index (χ1v) is 5.79. The Hall–Kier alpha value is -1.26. The first kappa shape index (κ1) is 12.2. The van der Waals surface area contributed by atoms with Gasteiger partial charge in [0.25, 0.3) is 0 Å². The summed E-state index contributed by atoms with van der Waals surface area (Å²) in [4.78, 5) is 0. The van der Waals surface area contributed by atoms with Crippen molar-refractivity contribution in [2.45, 2.75) is 19.0 Å². The molecule has 1 heterocycles. The highest BCUT2D eigenvalue weighted by atomic mass is 16.5. The standard InChI is InChI=1S/C13H19NO3/c1-9-7-17-8-13(14-9)10-4-11(15-2)6-12(5-10)16-3/h4-6,9,13-14H,7-8H2,1-3H3. The van der Waals surface area contributed by atoms with Crippen LogP contribution in [-0.2, 0) is 4.74 Å². The molecule has 0 bridgehead atoms. The summed E-state index contributed by atoms with van der Waals surface area (Å²) >= 11 is 0. The van der Waals surface area contributed by atoms with Crippen molar-refractivity contribution in [3.05, 3.63) is 23.8 Å². The molecule has 0 radical (unpaired) electrons. The van der Waals surface area contributed by atoms with Crippen molar-refractivity contribution >= 4 is 0 Å². The fourth-order valence-corrected chi connectivity index (χ4v) is 2.03. The molecular formula is C13H19NO3. The molecule has 1 fully saturated rings. The fourth-order valence-electron chi connectivity index (χ4n) is 2.03. The third kappa shape index (κ3) is 2.90. The monoisotopic (exact) mass is 237 g/mol. The molecular weight excluding hydrogens is 218 g/mol. The molecule has 0 aliphatic carbocycles. The molecule has 17 heavy (non-hydrogen) atoms. The van der Waals surface area contributed by atoms with Gasteiger partial charge in [-0.15, -0.1) is 0 Å². The van der Waals surface area contributed by atoms with Crippen LogP contribution < -0.4 is 14.8 Å². The van der Waals surface area contributed by atoms with Gasteiger partial charge >= 0.3 is 0 Å². The summed E-state index contributed by atoms with van der Waals surface area (Å²) < 4.78 is 16.1. The van der Waals surface area contributed by atoms with Crippen molar-refractivity contribution in [3.8, 4) is 11.5 Å². The number of ether oxygens (including phenoxy) is 3. The van der Waals surface area contributed by atoms with Gasteiger partial charge in [-0.25, -0.2) is 0 Å². The first-order chi connectivity index (χ1) is 8.22. The Labute approximate surface area is 102 Å². The maximum atomic E-state index is 5.55. The van der Waals surface area contributed by atoms with E-state index in [2.05, 4.69) is 12.2 Å². The van der Waals surface area contributed by atoms with E-state index >= 15 is 0 Å². The number of nitrogens with one attached hydrogen (secondary N) is 1. The molecule has 2 atom stereocenters. The van der Waals surface area contributed by atoms with Crippen LogP contribution in [0, 0.1) is 0 Å². The van der Waals surface area contributed by atoms with Crippen molar-refractivity contribution < 1.29 is 14.2 Å². The second-order valence-corrected chi connectivity index (χ2v) is 4.30. The summed E-state index contributed by atoms with van der Waals surface area (Å²) in [5.41, 5.74) is 1.13. The van der Waals surface area contributed by atoms with Gasteiger partial charge in [-0.1, -0.05) is 0 Å². The van der Waals surface area contributed by atoms with Gasteiger partial charge < -0.3 is 19.5 Å². The lowest BCUT2D eigenvalue weighted by atomic mass is 10.0. The molecule has 4 nitrogen and oxygen atoms in total. The average molecular weight is 237 g/mol. The van der Waals surface area contributed by atoms with Gasteiger partial charge in [-0.05, 0) is 24.6 Å². The molecule has 0 spiro atoms. The molecule has 1 aromatic carbocycles. The molecule has 1 aliphatic rings. The molecule has 1 N–H and O–H groups in total. The van der Waals surface area contributed by atoms with Crippen molar-refractivity contribution in [2.24, 2.45) is 0 Å². The van der Waals surface area contributed by atoms with Crippen LogP contribution in [0.2, 0.25) is 0 Å². The molecule has 94 valence electrons. The van der Waals surface area contributed by atoms with Crippen LogP contribution in [-0.4, -0.2) is 33.5 Å².